The van der Waals surface area contributed by atoms with Gasteiger partial charge in [0.05, 0.1) is 11.5 Å². The minimum Gasteiger partial charge on any atom is -0.293 e. The first-order valence-electron chi connectivity index (χ1n) is 9.21. The normalized spacial score (nSPS) is 12.5. The van der Waals surface area contributed by atoms with Crippen LogP contribution in [0.15, 0.2) is 64.5 Å². The lowest BCUT2D eigenvalue weighted by Crippen LogP contribution is -2.20. The highest BCUT2D eigenvalue weighted by Gasteiger charge is 2.20. The first-order valence-corrected chi connectivity index (χ1v) is 12.0. The molecule has 30 heavy (non-hydrogen) atoms. The van der Waals surface area contributed by atoms with Gasteiger partial charge in [-0.2, -0.15) is 0 Å². The van der Waals surface area contributed by atoms with E-state index in [1.807, 2.05) is 30.3 Å². The fraction of sp³-hybridized carbons (Fsp3) is 0.250. The van der Waals surface area contributed by atoms with Crippen LogP contribution in [0.4, 0.5) is 5.69 Å². The molecule has 0 bridgehead atoms. The number of aromatic nitrogens is 3. The molecule has 1 heterocycles. The molecule has 8 nitrogen and oxygen atoms in total. The van der Waals surface area contributed by atoms with Crippen molar-refractivity contribution in [3.05, 3.63) is 76.2 Å². The second-order valence-corrected chi connectivity index (χ2v) is 9.83. The number of Topliss-reactive ketones (excluding diaryl/α,β-unsaturated/α-hetero) is 1. The summed E-state index contributed by atoms with van der Waals surface area (Å²) in [4.78, 5) is 24.9. The van der Waals surface area contributed by atoms with E-state index >= 15 is 0 Å². The third-order valence-electron chi connectivity index (χ3n) is 4.31. The molecule has 1 atom stereocenters. The molecule has 0 radical (unpaired) electrons. The highest BCUT2D eigenvalue weighted by Crippen LogP contribution is 2.24. The van der Waals surface area contributed by atoms with E-state index in [-0.39, 0.29) is 11.5 Å². The minimum atomic E-state index is -3.38. The van der Waals surface area contributed by atoms with Crippen molar-refractivity contribution in [3.8, 4) is 0 Å². The zero-order valence-electron chi connectivity index (χ0n) is 16.5. The number of ketones is 1. The lowest BCUT2D eigenvalue weighted by Gasteiger charge is -2.11. The molecular weight excluding hydrogens is 424 g/mol. The standard InChI is InChI=1S/C20H22N4O4S2/c1-14(18(25)16-8-10-17(11-9-16)23-30(2,27)28)29-20-22-21-19(26)24(20)13-12-15-6-4-3-5-7-15/h3-11,14,23H,12-13H2,1-2H3,(H,21,26). The highest BCUT2D eigenvalue weighted by atomic mass is 32.2. The van der Waals surface area contributed by atoms with Crippen molar-refractivity contribution in [2.24, 2.45) is 0 Å². The summed E-state index contributed by atoms with van der Waals surface area (Å²) in [6, 6.07) is 16.0. The lowest BCUT2D eigenvalue weighted by molar-refractivity contribution is 0.0994. The SMILES string of the molecule is CC(Sc1n[nH]c(=O)n1CCc1ccccc1)C(=O)c1ccc(NS(C)(=O)=O)cc1. The fourth-order valence-electron chi connectivity index (χ4n) is 2.84. The Morgan fingerprint density at radius 3 is 2.47 bits per heavy atom. The predicted octanol–water partition coefficient (Wildman–Crippen LogP) is 2.55. The Morgan fingerprint density at radius 1 is 1.17 bits per heavy atom. The average Bonchev–Trinajstić information content (AvgIpc) is 3.05. The Balaban J connectivity index is 1.67. The second-order valence-electron chi connectivity index (χ2n) is 6.77. The smallest absolute Gasteiger partial charge is 0.293 e. The number of aromatic amines is 1. The number of anilines is 1. The molecule has 0 saturated heterocycles. The van der Waals surface area contributed by atoms with Crippen LogP contribution in [-0.4, -0.2) is 40.5 Å². The van der Waals surface area contributed by atoms with Gasteiger partial charge in [-0.15, -0.1) is 5.10 Å². The molecule has 1 aromatic heterocycles. The topological polar surface area (TPSA) is 114 Å². The molecule has 0 saturated carbocycles. The van der Waals surface area contributed by atoms with Crippen LogP contribution in [0.1, 0.15) is 22.8 Å². The number of thioether (sulfide) groups is 1. The van der Waals surface area contributed by atoms with E-state index in [0.717, 1.165) is 11.8 Å². The van der Waals surface area contributed by atoms with E-state index in [2.05, 4.69) is 14.9 Å². The van der Waals surface area contributed by atoms with Gasteiger partial charge in [0, 0.05) is 17.8 Å². The Morgan fingerprint density at radius 2 is 1.83 bits per heavy atom. The number of aryl methyl sites for hydroxylation is 1. The van der Waals surface area contributed by atoms with Gasteiger partial charge in [0.1, 0.15) is 0 Å². The first kappa shape index (κ1) is 21.8. The van der Waals surface area contributed by atoms with Gasteiger partial charge in [-0.25, -0.2) is 18.3 Å². The summed E-state index contributed by atoms with van der Waals surface area (Å²) >= 11 is 1.20. The second kappa shape index (κ2) is 9.31. The van der Waals surface area contributed by atoms with Crippen molar-refractivity contribution in [2.45, 2.75) is 30.3 Å². The summed E-state index contributed by atoms with van der Waals surface area (Å²) in [7, 11) is -3.38. The molecule has 158 valence electrons. The molecule has 2 aromatic carbocycles. The van der Waals surface area contributed by atoms with E-state index in [0.29, 0.717) is 29.4 Å². The zero-order valence-corrected chi connectivity index (χ0v) is 18.2. The van der Waals surface area contributed by atoms with Gasteiger partial charge in [0.2, 0.25) is 10.0 Å². The van der Waals surface area contributed by atoms with Crippen molar-refractivity contribution in [1.29, 1.82) is 0 Å². The van der Waals surface area contributed by atoms with Crippen molar-refractivity contribution < 1.29 is 13.2 Å². The largest absolute Gasteiger partial charge is 0.343 e. The van der Waals surface area contributed by atoms with E-state index in [1.165, 1.54) is 28.5 Å². The van der Waals surface area contributed by atoms with E-state index in [4.69, 9.17) is 0 Å². The maximum Gasteiger partial charge on any atom is 0.343 e. The van der Waals surface area contributed by atoms with Crippen molar-refractivity contribution in [3.63, 3.8) is 0 Å². The van der Waals surface area contributed by atoms with Crippen molar-refractivity contribution >= 4 is 33.3 Å². The van der Waals surface area contributed by atoms with E-state index in [1.54, 1.807) is 19.1 Å². The third kappa shape index (κ3) is 5.83. The lowest BCUT2D eigenvalue weighted by atomic mass is 10.1. The number of hydrogen-bond acceptors (Lipinski definition) is 6. The Labute approximate surface area is 178 Å². The van der Waals surface area contributed by atoms with Crippen molar-refractivity contribution in [1.82, 2.24) is 14.8 Å². The molecule has 0 aliphatic heterocycles. The molecular formula is C20H22N4O4S2. The summed E-state index contributed by atoms with van der Waals surface area (Å²) in [6.45, 7) is 2.20. The Kier molecular flexibility index (Phi) is 6.78. The molecule has 0 aliphatic rings. The molecule has 0 fully saturated rings. The molecule has 0 spiro atoms. The summed E-state index contributed by atoms with van der Waals surface area (Å²) < 4.78 is 26.5. The van der Waals surface area contributed by atoms with Crippen LogP contribution in [-0.2, 0) is 23.0 Å². The van der Waals surface area contributed by atoms with Gasteiger partial charge >= 0.3 is 5.69 Å². The number of sulfonamides is 1. The summed E-state index contributed by atoms with van der Waals surface area (Å²) in [5, 5.41) is 6.47. The summed E-state index contributed by atoms with van der Waals surface area (Å²) in [5.74, 6) is -0.143. The molecule has 3 rings (SSSR count). The van der Waals surface area contributed by atoms with Crippen LogP contribution in [0, 0.1) is 0 Å². The number of hydrogen-bond donors (Lipinski definition) is 2. The van der Waals surface area contributed by atoms with E-state index < -0.39 is 15.3 Å². The molecule has 10 heteroatoms. The third-order valence-corrected chi connectivity index (χ3v) is 6.01. The number of H-pyrrole nitrogens is 1. The number of rotatable bonds is 9. The molecule has 3 aromatic rings. The molecule has 0 aliphatic carbocycles. The monoisotopic (exact) mass is 446 g/mol. The maximum absolute atomic E-state index is 12.8. The van der Waals surface area contributed by atoms with Crippen LogP contribution < -0.4 is 10.4 Å². The Hall–Kier alpha value is -2.85. The van der Waals surface area contributed by atoms with Gasteiger partial charge in [-0.1, -0.05) is 42.1 Å². The zero-order chi connectivity index (χ0) is 21.7. The number of nitrogens with one attached hydrogen (secondary N) is 2. The van der Waals surface area contributed by atoms with Gasteiger partial charge in [0.15, 0.2) is 10.9 Å². The van der Waals surface area contributed by atoms with Gasteiger partial charge in [-0.3, -0.25) is 14.1 Å². The van der Waals surface area contributed by atoms with Crippen LogP contribution in [0.2, 0.25) is 0 Å². The highest BCUT2D eigenvalue weighted by molar-refractivity contribution is 8.00. The fourth-order valence-corrected chi connectivity index (χ4v) is 4.36. The van der Waals surface area contributed by atoms with Crippen molar-refractivity contribution in [2.75, 3.05) is 11.0 Å². The van der Waals surface area contributed by atoms with Crippen LogP contribution in [0.25, 0.3) is 0 Å². The van der Waals surface area contributed by atoms with Crippen LogP contribution in [0.5, 0.6) is 0 Å². The molecule has 0 amide bonds. The number of carbonyl (C=O) groups excluding carboxylic acids is 1. The predicted molar refractivity (Wildman–Crippen MR) is 118 cm³/mol. The summed E-state index contributed by atoms with van der Waals surface area (Å²) in [5.41, 5.74) is 1.62. The number of carbonyl (C=O) groups is 1. The molecule has 1 unspecified atom stereocenters. The minimum absolute atomic E-state index is 0.143. The van der Waals surface area contributed by atoms with Gasteiger partial charge < -0.3 is 0 Å². The Bertz CT molecular complexity index is 1170. The first-order chi connectivity index (χ1) is 14.2. The number of nitrogens with zero attached hydrogens (tertiary/aromatic N) is 2. The maximum atomic E-state index is 12.8. The quantitative estimate of drug-likeness (QED) is 0.386. The van der Waals surface area contributed by atoms with Crippen LogP contribution >= 0.6 is 11.8 Å². The van der Waals surface area contributed by atoms with Crippen LogP contribution in [0.3, 0.4) is 0 Å². The van der Waals surface area contributed by atoms with Gasteiger partial charge in [0.25, 0.3) is 0 Å². The summed E-state index contributed by atoms with van der Waals surface area (Å²) in [6.07, 6.45) is 1.73. The average molecular weight is 447 g/mol. The van der Waals surface area contributed by atoms with Gasteiger partial charge in [-0.05, 0) is 43.2 Å². The number of benzene rings is 2. The van der Waals surface area contributed by atoms with E-state index in [9.17, 15) is 18.0 Å². The molecule has 2 N–H and O–H groups in total.